The van der Waals surface area contributed by atoms with Crippen molar-refractivity contribution in [1.29, 1.82) is 0 Å². The minimum absolute atomic E-state index is 0.385. The van der Waals surface area contributed by atoms with Crippen LogP contribution < -0.4 is 14.8 Å². The number of fused-ring (bicyclic) bond motifs is 1. The zero-order valence-corrected chi connectivity index (χ0v) is 18.6. The van der Waals surface area contributed by atoms with Gasteiger partial charge in [-0.3, -0.25) is 4.79 Å². The van der Waals surface area contributed by atoms with Crippen LogP contribution in [-0.4, -0.2) is 28.7 Å². The molecule has 0 fully saturated rings. The van der Waals surface area contributed by atoms with E-state index in [0.717, 1.165) is 27.6 Å². The summed E-state index contributed by atoms with van der Waals surface area (Å²) in [4.78, 5) is 15.1. The second-order valence-corrected chi connectivity index (χ2v) is 7.82. The number of hydrogen-bond donors (Lipinski definition) is 3. The fourth-order valence-corrected chi connectivity index (χ4v) is 3.79. The summed E-state index contributed by atoms with van der Waals surface area (Å²) in [6.45, 7) is 3.28. The predicted octanol–water partition coefficient (Wildman–Crippen LogP) is 4.93. The highest BCUT2D eigenvalue weighted by Gasteiger charge is 2.19. The molecule has 33 heavy (non-hydrogen) atoms. The SMILES string of the molecule is CCOc1cc(CNC(Cc2c[nH]c3ccccc23)C(=O)O)ccc1OCc1ccccc1. The van der Waals surface area contributed by atoms with Crippen LogP contribution in [0.15, 0.2) is 79.0 Å². The third kappa shape index (κ3) is 5.73. The van der Waals surface area contributed by atoms with Crippen molar-refractivity contribution in [1.82, 2.24) is 10.3 Å². The van der Waals surface area contributed by atoms with E-state index in [4.69, 9.17) is 9.47 Å². The van der Waals surface area contributed by atoms with Crippen LogP contribution in [0.25, 0.3) is 10.9 Å². The third-order valence-electron chi connectivity index (χ3n) is 5.49. The first-order valence-corrected chi connectivity index (χ1v) is 11.1. The quantitative estimate of drug-likeness (QED) is 0.305. The molecule has 1 heterocycles. The molecule has 0 saturated heterocycles. The Bertz CT molecular complexity index is 1200. The summed E-state index contributed by atoms with van der Waals surface area (Å²) in [6.07, 6.45) is 2.27. The van der Waals surface area contributed by atoms with Crippen molar-refractivity contribution in [2.24, 2.45) is 0 Å². The van der Waals surface area contributed by atoms with E-state index >= 15 is 0 Å². The Labute approximate surface area is 193 Å². The Morgan fingerprint density at radius 1 is 0.970 bits per heavy atom. The first-order chi connectivity index (χ1) is 16.1. The van der Waals surface area contributed by atoms with Gasteiger partial charge in [0.2, 0.25) is 0 Å². The van der Waals surface area contributed by atoms with Crippen LogP contribution in [0, 0.1) is 0 Å². The first kappa shape index (κ1) is 22.4. The number of ether oxygens (including phenoxy) is 2. The fraction of sp³-hybridized carbons (Fsp3) is 0.222. The zero-order chi connectivity index (χ0) is 23.0. The van der Waals surface area contributed by atoms with Gasteiger partial charge in [-0.25, -0.2) is 0 Å². The molecule has 0 amide bonds. The van der Waals surface area contributed by atoms with E-state index in [1.54, 1.807) is 0 Å². The Morgan fingerprint density at radius 3 is 2.55 bits per heavy atom. The van der Waals surface area contributed by atoms with Crippen molar-refractivity contribution in [3.63, 3.8) is 0 Å². The molecule has 0 aliphatic carbocycles. The number of carboxylic acids is 1. The molecule has 3 N–H and O–H groups in total. The molecule has 6 nitrogen and oxygen atoms in total. The lowest BCUT2D eigenvalue weighted by Gasteiger charge is -2.16. The van der Waals surface area contributed by atoms with E-state index in [-0.39, 0.29) is 0 Å². The molecule has 4 rings (SSSR count). The number of aromatic nitrogens is 1. The largest absolute Gasteiger partial charge is 0.490 e. The molecule has 1 aromatic heterocycles. The van der Waals surface area contributed by atoms with Crippen molar-refractivity contribution >= 4 is 16.9 Å². The van der Waals surface area contributed by atoms with E-state index in [2.05, 4.69) is 10.3 Å². The molecule has 1 atom stereocenters. The number of carboxylic acid groups (broad SMARTS) is 1. The lowest BCUT2D eigenvalue weighted by molar-refractivity contribution is -0.139. The number of aromatic amines is 1. The Balaban J connectivity index is 1.43. The van der Waals surface area contributed by atoms with Crippen LogP contribution in [-0.2, 0) is 24.4 Å². The van der Waals surface area contributed by atoms with E-state index in [1.165, 1.54) is 0 Å². The number of nitrogens with one attached hydrogen (secondary N) is 2. The molecule has 6 heteroatoms. The van der Waals surface area contributed by atoms with Gasteiger partial charge in [0.15, 0.2) is 11.5 Å². The molecular weight excluding hydrogens is 416 g/mol. The molecule has 0 radical (unpaired) electrons. The number of hydrogen-bond acceptors (Lipinski definition) is 4. The minimum Gasteiger partial charge on any atom is -0.490 e. The summed E-state index contributed by atoms with van der Waals surface area (Å²) in [7, 11) is 0. The van der Waals surface area contributed by atoms with Gasteiger partial charge >= 0.3 is 5.97 Å². The lowest BCUT2D eigenvalue weighted by atomic mass is 10.0. The van der Waals surface area contributed by atoms with Crippen molar-refractivity contribution in [3.8, 4) is 11.5 Å². The van der Waals surface area contributed by atoms with Gasteiger partial charge in [0, 0.05) is 30.1 Å². The van der Waals surface area contributed by atoms with Gasteiger partial charge in [-0.2, -0.15) is 0 Å². The topological polar surface area (TPSA) is 83.6 Å². The number of H-pyrrole nitrogens is 1. The summed E-state index contributed by atoms with van der Waals surface area (Å²) in [5.74, 6) is 0.433. The summed E-state index contributed by atoms with van der Waals surface area (Å²) >= 11 is 0. The lowest BCUT2D eigenvalue weighted by Crippen LogP contribution is -2.38. The molecule has 0 spiro atoms. The van der Waals surface area contributed by atoms with Crippen molar-refractivity contribution in [2.45, 2.75) is 32.5 Å². The normalized spacial score (nSPS) is 11.9. The average molecular weight is 445 g/mol. The van der Waals surface area contributed by atoms with Crippen LogP contribution in [0.5, 0.6) is 11.5 Å². The van der Waals surface area contributed by atoms with E-state index < -0.39 is 12.0 Å². The minimum atomic E-state index is -0.881. The molecule has 1 unspecified atom stereocenters. The van der Waals surface area contributed by atoms with Crippen LogP contribution in [0.1, 0.15) is 23.6 Å². The van der Waals surface area contributed by atoms with Crippen LogP contribution in [0.3, 0.4) is 0 Å². The van der Waals surface area contributed by atoms with Gasteiger partial charge < -0.3 is 24.9 Å². The van der Waals surface area contributed by atoms with Gasteiger partial charge in [-0.1, -0.05) is 54.6 Å². The number of aliphatic carboxylic acids is 1. The summed E-state index contributed by atoms with van der Waals surface area (Å²) in [6, 6.07) is 22.9. The van der Waals surface area contributed by atoms with Crippen LogP contribution in [0.2, 0.25) is 0 Å². The number of rotatable bonds is 11. The van der Waals surface area contributed by atoms with Crippen LogP contribution >= 0.6 is 0 Å². The van der Waals surface area contributed by atoms with Crippen molar-refractivity contribution < 1.29 is 19.4 Å². The average Bonchev–Trinajstić information content (AvgIpc) is 3.24. The molecule has 0 aliphatic rings. The smallest absolute Gasteiger partial charge is 0.321 e. The van der Waals surface area contributed by atoms with Crippen molar-refractivity contribution in [3.05, 3.63) is 95.7 Å². The highest BCUT2D eigenvalue weighted by Crippen LogP contribution is 2.29. The molecule has 0 bridgehead atoms. The highest BCUT2D eigenvalue weighted by molar-refractivity contribution is 5.84. The molecule has 4 aromatic rings. The molecule has 0 aliphatic heterocycles. The van der Waals surface area contributed by atoms with Gasteiger partial charge in [-0.15, -0.1) is 0 Å². The number of para-hydroxylation sites is 1. The molecule has 3 aromatic carbocycles. The Morgan fingerprint density at radius 2 is 1.76 bits per heavy atom. The van der Waals surface area contributed by atoms with Gasteiger partial charge in [0.1, 0.15) is 12.6 Å². The molecular formula is C27H28N2O4. The number of carbonyl (C=O) groups is 1. The summed E-state index contributed by atoms with van der Waals surface area (Å²) < 4.78 is 11.7. The predicted molar refractivity (Wildman–Crippen MR) is 129 cm³/mol. The maximum atomic E-state index is 11.9. The van der Waals surface area contributed by atoms with Gasteiger partial charge in [0.25, 0.3) is 0 Å². The maximum Gasteiger partial charge on any atom is 0.321 e. The van der Waals surface area contributed by atoms with E-state index in [0.29, 0.717) is 37.7 Å². The van der Waals surface area contributed by atoms with Gasteiger partial charge in [0.05, 0.1) is 6.61 Å². The van der Waals surface area contributed by atoms with Crippen molar-refractivity contribution in [2.75, 3.05) is 6.61 Å². The molecule has 0 saturated carbocycles. The zero-order valence-electron chi connectivity index (χ0n) is 18.6. The monoisotopic (exact) mass is 444 g/mol. The third-order valence-corrected chi connectivity index (χ3v) is 5.49. The van der Waals surface area contributed by atoms with E-state index in [1.807, 2.05) is 85.9 Å². The molecule has 170 valence electrons. The van der Waals surface area contributed by atoms with Gasteiger partial charge in [-0.05, 0) is 41.8 Å². The Kier molecular flexibility index (Phi) is 7.27. The summed E-state index contributed by atoms with van der Waals surface area (Å²) in [5.41, 5.74) is 3.98. The number of benzene rings is 3. The first-order valence-electron chi connectivity index (χ1n) is 11.1. The second kappa shape index (κ2) is 10.7. The van der Waals surface area contributed by atoms with Crippen LogP contribution in [0.4, 0.5) is 0 Å². The summed E-state index contributed by atoms with van der Waals surface area (Å²) in [5, 5.41) is 14.0. The fourth-order valence-electron chi connectivity index (χ4n) is 3.79. The maximum absolute atomic E-state index is 11.9. The highest BCUT2D eigenvalue weighted by atomic mass is 16.5. The van der Waals surface area contributed by atoms with E-state index in [9.17, 15) is 9.90 Å². The second-order valence-electron chi connectivity index (χ2n) is 7.82. The standard InChI is InChI=1S/C27H28N2O4/c1-2-32-26-14-20(12-13-25(26)33-18-19-8-4-3-5-9-19)16-28-24(27(30)31)15-21-17-29-23-11-7-6-10-22(21)23/h3-14,17,24,28-29H,2,15-16,18H2,1H3,(H,30,31). The Hall–Kier alpha value is -3.77.